The zero-order chi connectivity index (χ0) is 13.6. The van der Waals surface area contributed by atoms with Gasteiger partial charge in [0.15, 0.2) is 0 Å². The van der Waals surface area contributed by atoms with Gasteiger partial charge in [0.05, 0.1) is 5.69 Å². The van der Waals surface area contributed by atoms with Crippen molar-refractivity contribution in [3.05, 3.63) is 90.3 Å². The van der Waals surface area contributed by atoms with Crippen LogP contribution in [0.2, 0.25) is 0 Å². The van der Waals surface area contributed by atoms with Gasteiger partial charge in [-0.1, -0.05) is 6.07 Å². The van der Waals surface area contributed by atoms with Gasteiger partial charge < -0.3 is 0 Å². The van der Waals surface area contributed by atoms with E-state index in [-0.39, 0.29) is 0 Å². The monoisotopic (exact) mass is 259 g/mol. The first-order chi connectivity index (χ1) is 9.93. The summed E-state index contributed by atoms with van der Waals surface area (Å²) < 4.78 is 0. The first kappa shape index (κ1) is 12.2. The highest BCUT2D eigenvalue weighted by Gasteiger charge is 2.05. The first-order valence-corrected chi connectivity index (χ1v) is 6.37. The molecule has 0 aliphatic carbocycles. The summed E-state index contributed by atoms with van der Waals surface area (Å²) in [6.45, 7) is 0. The molecule has 0 amide bonds. The average molecular weight is 259 g/mol. The Morgan fingerprint density at radius 2 is 1.45 bits per heavy atom. The van der Waals surface area contributed by atoms with Crippen molar-refractivity contribution in [1.29, 1.82) is 0 Å². The van der Waals surface area contributed by atoms with Gasteiger partial charge in [-0.3, -0.25) is 15.0 Å². The summed E-state index contributed by atoms with van der Waals surface area (Å²) in [5.41, 5.74) is 4.20. The van der Waals surface area contributed by atoms with Crippen LogP contribution in [0, 0.1) is 0 Å². The lowest BCUT2D eigenvalue weighted by Gasteiger charge is -2.07. The molecule has 3 aromatic heterocycles. The fraction of sp³-hybridized carbons (Fsp3) is 0. The Morgan fingerprint density at radius 3 is 2.10 bits per heavy atom. The number of rotatable bonds is 3. The molecule has 3 heterocycles. The maximum Gasteiger partial charge on any atom is 0.0708 e. The zero-order valence-electron chi connectivity index (χ0n) is 10.8. The molecule has 3 heteroatoms. The third-order valence-corrected chi connectivity index (χ3v) is 2.95. The fourth-order valence-corrected chi connectivity index (χ4v) is 1.99. The van der Waals surface area contributed by atoms with E-state index in [1.807, 2.05) is 42.5 Å². The van der Waals surface area contributed by atoms with E-state index >= 15 is 0 Å². The first-order valence-electron chi connectivity index (χ1n) is 6.37. The van der Waals surface area contributed by atoms with Crippen LogP contribution in [0.15, 0.2) is 73.4 Å². The van der Waals surface area contributed by atoms with Crippen LogP contribution in [0.3, 0.4) is 0 Å². The molecular weight excluding hydrogens is 246 g/mol. The van der Waals surface area contributed by atoms with Crippen molar-refractivity contribution in [3.8, 4) is 0 Å². The molecular formula is C17H13N3. The van der Waals surface area contributed by atoms with Crippen LogP contribution in [0.25, 0.3) is 11.6 Å². The van der Waals surface area contributed by atoms with Crippen LogP contribution >= 0.6 is 0 Å². The Labute approximate surface area is 117 Å². The fourth-order valence-electron chi connectivity index (χ4n) is 1.99. The van der Waals surface area contributed by atoms with E-state index in [9.17, 15) is 0 Å². The van der Waals surface area contributed by atoms with Gasteiger partial charge in [0.1, 0.15) is 0 Å². The topological polar surface area (TPSA) is 38.7 Å². The van der Waals surface area contributed by atoms with Gasteiger partial charge in [0.2, 0.25) is 0 Å². The van der Waals surface area contributed by atoms with Crippen molar-refractivity contribution >= 4 is 11.6 Å². The van der Waals surface area contributed by atoms with Gasteiger partial charge in [-0.25, -0.2) is 0 Å². The lowest BCUT2D eigenvalue weighted by atomic mass is 10.0. The molecule has 0 radical (unpaired) electrons. The molecule has 0 atom stereocenters. The highest BCUT2D eigenvalue weighted by atomic mass is 14.7. The van der Waals surface area contributed by atoms with Crippen molar-refractivity contribution in [2.45, 2.75) is 0 Å². The highest BCUT2D eigenvalue weighted by molar-refractivity contribution is 5.89. The Hall–Kier alpha value is -2.81. The molecule has 0 N–H and O–H groups in total. The van der Waals surface area contributed by atoms with Crippen molar-refractivity contribution in [2.75, 3.05) is 0 Å². The van der Waals surface area contributed by atoms with Gasteiger partial charge in [0, 0.05) is 36.6 Å². The molecule has 3 aromatic rings. The molecule has 3 nitrogen and oxygen atoms in total. The quantitative estimate of drug-likeness (QED) is 0.723. The summed E-state index contributed by atoms with van der Waals surface area (Å²) in [6.07, 6.45) is 11.1. The Balaban J connectivity index is 2.12. The van der Waals surface area contributed by atoms with Crippen molar-refractivity contribution in [1.82, 2.24) is 15.0 Å². The normalized spacial score (nSPS) is 11.3. The third-order valence-electron chi connectivity index (χ3n) is 2.95. The minimum Gasteiger partial charge on any atom is -0.265 e. The average Bonchev–Trinajstić information content (AvgIpc) is 2.55. The van der Waals surface area contributed by atoms with Crippen LogP contribution in [-0.2, 0) is 0 Å². The van der Waals surface area contributed by atoms with Crippen LogP contribution in [0.4, 0.5) is 0 Å². The van der Waals surface area contributed by atoms with E-state index in [1.54, 1.807) is 31.0 Å². The van der Waals surface area contributed by atoms with Crippen LogP contribution in [-0.4, -0.2) is 15.0 Å². The molecule has 0 fully saturated rings. The van der Waals surface area contributed by atoms with Crippen molar-refractivity contribution < 1.29 is 0 Å². The molecule has 0 aliphatic heterocycles. The van der Waals surface area contributed by atoms with Gasteiger partial charge in [-0.15, -0.1) is 0 Å². The van der Waals surface area contributed by atoms with Crippen LogP contribution in [0.5, 0.6) is 0 Å². The SMILES string of the molecule is C(=C(c1ccncc1)c1ccccn1)c1ccncc1. The van der Waals surface area contributed by atoms with Crippen LogP contribution in [0.1, 0.15) is 16.8 Å². The molecule has 0 bridgehead atoms. The number of aromatic nitrogens is 3. The van der Waals surface area contributed by atoms with E-state index in [4.69, 9.17) is 0 Å². The van der Waals surface area contributed by atoms with Gasteiger partial charge >= 0.3 is 0 Å². The molecule has 3 rings (SSSR count). The number of hydrogen-bond donors (Lipinski definition) is 0. The molecule has 0 saturated heterocycles. The molecule has 0 unspecified atom stereocenters. The smallest absolute Gasteiger partial charge is 0.0708 e. The summed E-state index contributed by atoms with van der Waals surface area (Å²) in [5, 5.41) is 0. The van der Waals surface area contributed by atoms with E-state index in [1.165, 1.54) is 0 Å². The number of pyridine rings is 3. The molecule has 0 aromatic carbocycles. The van der Waals surface area contributed by atoms with Crippen molar-refractivity contribution in [3.63, 3.8) is 0 Å². The summed E-state index contributed by atoms with van der Waals surface area (Å²) in [6, 6.07) is 13.8. The van der Waals surface area contributed by atoms with Gasteiger partial charge in [-0.2, -0.15) is 0 Å². The second-order valence-corrected chi connectivity index (χ2v) is 4.29. The molecule has 0 spiro atoms. The predicted molar refractivity (Wildman–Crippen MR) is 79.7 cm³/mol. The summed E-state index contributed by atoms with van der Waals surface area (Å²) in [5.74, 6) is 0. The highest BCUT2D eigenvalue weighted by Crippen LogP contribution is 2.23. The molecule has 0 saturated carbocycles. The molecule has 96 valence electrons. The Kier molecular flexibility index (Phi) is 3.60. The second-order valence-electron chi connectivity index (χ2n) is 4.29. The minimum atomic E-state index is 0.940. The summed E-state index contributed by atoms with van der Waals surface area (Å²) in [4.78, 5) is 12.6. The number of hydrogen-bond acceptors (Lipinski definition) is 3. The molecule has 20 heavy (non-hydrogen) atoms. The van der Waals surface area contributed by atoms with Crippen molar-refractivity contribution in [2.24, 2.45) is 0 Å². The third kappa shape index (κ3) is 2.78. The van der Waals surface area contributed by atoms with E-state index < -0.39 is 0 Å². The summed E-state index contributed by atoms with van der Waals surface area (Å²) in [7, 11) is 0. The lowest BCUT2D eigenvalue weighted by molar-refractivity contribution is 1.26. The van der Waals surface area contributed by atoms with E-state index in [2.05, 4.69) is 21.0 Å². The van der Waals surface area contributed by atoms with Gasteiger partial charge in [-0.05, 0) is 53.6 Å². The van der Waals surface area contributed by atoms with E-state index in [0.29, 0.717) is 0 Å². The maximum atomic E-state index is 4.45. The largest absolute Gasteiger partial charge is 0.265 e. The Morgan fingerprint density at radius 1 is 0.750 bits per heavy atom. The zero-order valence-corrected chi connectivity index (χ0v) is 10.8. The lowest BCUT2D eigenvalue weighted by Crippen LogP contribution is -1.91. The maximum absolute atomic E-state index is 4.45. The van der Waals surface area contributed by atoms with E-state index in [0.717, 1.165) is 22.4 Å². The summed E-state index contributed by atoms with van der Waals surface area (Å²) >= 11 is 0. The second kappa shape index (κ2) is 5.89. The van der Waals surface area contributed by atoms with Crippen LogP contribution < -0.4 is 0 Å². The molecule has 0 aliphatic rings. The predicted octanol–water partition coefficient (Wildman–Crippen LogP) is 3.46. The minimum absolute atomic E-state index is 0.940. The van der Waals surface area contributed by atoms with Gasteiger partial charge in [0.25, 0.3) is 0 Å². The standard InChI is InChI=1S/C17H13N3/c1-2-8-20-17(3-1)16(15-6-11-19-12-7-15)13-14-4-9-18-10-5-14/h1-13H. The Bertz CT molecular complexity index is 651. The number of nitrogens with zero attached hydrogens (tertiary/aromatic N) is 3.